The van der Waals surface area contributed by atoms with E-state index >= 15 is 0 Å². The molecule has 0 bridgehead atoms. The van der Waals surface area contributed by atoms with Crippen LogP contribution < -0.4 is 5.32 Å². The van der Waals surface area contributed by atoms with Crippen LogP contribution >= 0.6 is 11.6 Å². The van der Waals surface area contributed by atoms with Crippen LogP contribution in [0.25, 0.3) is 22.0 Å². The summed E-state index contributed by atoms with van der Waals surface area (Å²) in [5.74, 6) is 0. The van der Waals surface area contributed by atoms with Gasteiger partial charge in [0, 0.05) is 41.1 Å². The van der Waals surface area contributed by atoms with Crippen LogP contribution in [-0.4, -0.2) is 11.5 Å². The summed E-state index contributed by atoms with van der Waals surface area (Å²) in [6, 6.07) is 14.5. The number of rotatable bonds is 1. The number of aromatic nitrogens is 1. The van der Waals surface area contributed by atoms with Gasteiger partial charge >= 0.3 is 0 Å². The zero-order valence-electron chi connectivity index (χ0n) is 11.0. The van der Waals surface area contributed by atoms with E-state index in [1.807, 2.05) is 12.1 Å². The molecule has 2 N–H and O–H groups in total. The molecule has 20 heavy (non-hydrogen) atoms. The Labute approximate surface area is 122 Å². The maximum atomic E-state index is 6.00. The number of fused-ring (bicyclic) bond motifs is 3. The topological polar surface area (TPSA) is 27.8 Å². The van der Waals surface area contributed by atoms with Crippen molar-refractivity contribution >= 4 is 22.5 Å². The molecule has 100 valence electrons. The Kier molecular flexibility index (Phi) is 2.79. The highest BCUT2D eigenvalue weighted by atomic mass is 35.5. The van der Waals surface area contributed by atoms with Gasteiger partial charge in [-0.25, -0.2) is 0 Å². The van der Waals surface area contributed by atoms with E-state index in [9.17, 15) is 0 Å². The first-order valence-electron chi connectivity index (χ1n) is 6.92. The van der Waals surface area contributed by atoms with Crippen molar-refractivity contribution in [2.24, 2.45) is 0 Å². The average Bonchev–Trinajstić information content (AvgIpc) is 2.86. The molecule has 0 saturated carbocycles. The summed E-state index contributed by atoms with van der Waals surface area (Å²) in [6.07, 6.45) is 1.07. The number of hydrogen-bond acceptors (Lipinski definition) is 1. The summed E-state index contributed by atoms with van der Waals surface area (Å²) >= 11 is 6.00. The predicted octanol–water partition coefficient (Wildman–Crippen LogP) is 4.13. The van der Waals surface area contributed by atoms with Gasteiger partial charge in [0.05, 0.1) is 0 Å². The zero-order chi connectivity index (χ0) is 13.5. The number of hydrogen-bond donors (Lipinski definition) is 2. The first-order valence-corrected chi connectivity index (χ1v) is 7.30. The van der Waals surface area contributed by atoms with Crippen LogP contribution in [0.3, 0.4) is 0 Å². The van der Waals surface area contributed by atoms with Gasteiger partial charge < -0.3 is 10.3 Å². The quantitative estimate of drug-likeness (QED) is 0.690. The van der Waals surface area contributed by atoms with Crippen LogP contribution in [0.15, 0.2) is 42.5 Å². The normalized spacial score (nSPS) is 14.4. The Morgan fingerprint density at radius 2 is 1.85 bits per heavy atom. The molecule has 3 heteroatoms. The lowest BCUT2D eigenvalue weighted by atomic mass is 9.97. The van der Waals surface area contributed by atoms with E-state index in [1.54, 1.807) is 0 Å². The van der Waals surface area contributed by atoms with Crippen molar-refractivity contribution < 1.29 is 0 Å². The van der Waals surface area contributed by atoms with Gasteiger partial charge in [0.2, 0.25) is 0 Å². The molecule has 0 aliphatic carbocycles. The molecule has 0 atom stereocenters. The minimum absolute atomic E-state index is 0.777. The van der Waals surface area contributed by atoms with E-state index in [4.69, 9.17) is 11.6 Å². The molecule has 0 spiro atoms. The number of H-pyrrole nitrogens is 1. The molecule has 0 radical (unpaired) electrons. The van der Waals surface area contributed by atoms with Gasteiger partial charge in [-0.05, 0) is 34.9 Å². The number of aromatic amines is 1. The van der Waals surface area contributed by atoms with Gasteiger partial charge in [-0.3, -0.25) is 0 Å². The van der Waals surface area contributed by atoms with E-state index < -0.39 is 0 Å². The molecule has 2 nitrogen and oxygen atoms in total. The van der Waals surface area contributed by atoms with E-state index in [0.29, 0.717) is 0 Å². The maximum absolute atomic E-state index is 6.00. The molecule has 2 heterocycles. The van der Waals surface area contributed by atoms with Crippen LogP contribution in [0, 0.1) is 0 Å². The van der Waals surface area contributed by atoms with Crippen molar-refractivity contribution in [2.75, 3.05) is 6.54 Å². The smallest absolute Gasteiger partial charge is 0.0465 e. The van der Waals surface area contributed by atoms with Gasteiger partial charge in [0.15, 0.2) is 0 Å². The molecule has 1 aliphatic rings. The van der Waals surface area contributed by atoms with E-state index in [0.717, 1.165) is 24.5 Å². The Morgan fingerprint density at radius 1 is 1.00 bits per heavy atom. The van der Waals surface area contributed by atoms with Gasteiger partial charge in [-0.15, -0.1) is 0 Å². The third-order valence-electron chi connectivity index (χ3n) is 4.02. The fourth-order valence-corrected chi connectivity index (χ4v) is 3.20. The number of nitrogens with one attached hydrogen (secondary N) is 2. The van der Waals surface area contributed by atoms with Crippen LogP contribution in [0.4, 0.5) is 0 Å². The molecule has 0 amide bonds. The predicted molar refractivity (Wildman–Crippen MR) is 84.2 cm³/mol. The van der Waals surface area contributed by atoms with E-state index in [-0.39, 0.29) is 0 Å². The molecular weight excluding hydrogens is 268 g/mol. The summed E-state index contributed by atoms with van der Waals surface area (Å²) < 4.78 is 0. The largest absolute Gasteiger partial charge is 0.358 e. The maximum Gasteiger partial charge on any atom is 0.0465 e. The summed E-state index contributed by atoms with van der Waals surface area (Å²) in [7, 11) is 0. The molecule has 3 aromatic rings. The standard InChI is InChI=1S/C17H15ClN2/c18-12-6-4-11(5-7-12)13-2-1-3-16-17(13)14-10-19-9-8-15(14)20-16/h1-7,19-20H,8-10H2. The highest BCUT2D eigenvalue weighted by molar-refractivity contribution is 6.30. The highest BCUT2D eigenvalue weighted by Crippen LogP contribution is 2.34. The third-order valence-corrected chi connectivity index (χ3v) is 4.28. The Bertz CT molecular complexity index is 772. The third kappa shape index (κ3) is 1.84. The minimum Gasteiger partial charge on any atom is -0.358 e. The van der Waals surface area contributed by atoms with E-state index in [2.05, 4.69) is 40.6 Å². The first kappa shape index (κ1) is 12.0. The number of benzene rings is 2. The Balaban J connectivity index is 1.99. The second-order valence-corrected chi connectivity index (χ2v) is 5.68. The fraction of sp³-hybridized carbons (Fsp3) is 0.176. The lowest BCUT2D eigenvalue weighted by Gasteiger charge is -2.14. The summed E-state index contributed by atoms with van der Waals surface area (Å²) in [6.45, 7) is 2.00. The van der Waals surface area contributed by atoms with Gasteiger partial charge in [-0.2, -0.15) is 0 Å². The molecule has 0 fully saturated rings. The fourth-order valence-electron chi connectivity index (χ4n) is 3.08. The summed E-state index contributed by atoms with van der Waals surface area (Å²) in [5.41, 5.74) is 6.51. The monoisotopic (exact) mass is 282 g/mol. The lowest BCUT2D eigenvalue weighted by Crippen LogP contribution is -2.22. The van der Waals surface area contributed by atoms with Crippen molar-refractivity contribution in [1.82, 2.24) is 10.3 Å². The molecule has 0 saturated heterocycles. The van der Waals surface area contributed by atoms with Crippen molar-refractivity contribution in [3.05, 3.63) is 58.7 Å². The lowest BCUT2D eigenvalue weighted by molar-refractivity contribution is 0.641. The van der Waals surface area contributed by atoms with Crippen molar-refractivity contribution in [2.45, 2.75) is 13.0 Å². The van der Waals surface area contributed by atoms with Crippen molar-refractivity contribution in [3.8, 4) is 11.1 Å². The van der Waals surface area contributed by atoms with E-state index in [1.165, 1.54) is 33.3 Å². The van der Waals surface area contributed by atoms with Crippen LogP contribution in [0.2, 0.25) is 5.02 Å². The Hall–Kier alpha value is -1.77. The van der Waals surface area contributed by atoms with Gasteiger partial charge in [0.25, 0.3) is 0 Å². The van der Waals surface area contributed by atoms with Crippen LogP contribution in [-0.2, 0) is 13.0 Å². The molecule has 0 unspecified atom stereocenters. The van der Waals surface area contributed by atoms with Crippen LogP contribution in [0.5, 0.6) is 0 Å². The molecule has 1 aromatic heterocycles. The van der Waals surface area contributed by atoms with Crippen molar-refractivity contribution in [1.29, 1.82) is 0 Å². The first-order chi connectivity index (χ1) is 9.83. The molecule has 2 aromatic carbocycles. The van der Waals surface area contributed by atoms with Gasteiger partial charge in [0.1, 0.15) is 0 Å². The summed E-state index contributed by atoms with van der Waals surface area (Å²) in [5, 5.41) is 5.59. The molecule has 4 rings (SSSR count). The SMILES string of the molecule is Clc1ccc(-c2cccc3[nH]c4c(c23)CNCC4)cc1. The average molecular weight is 283 g/mol. The molecular formula is C17H15ClN2. The van der Waals surface area contributed by atoms with Crippen molar-refractivity contribution in [3.63, 3.8) is 0 Å². The Morgan fingerprint density at radius 3 is 2.70 bits per heavy atom. The zero-order valence-corrected chi connectivity index (χ0v) is 11.8. The summed E-state index contributed by atoms with van der Waals surface area (Å²) in [4.78, 5) is 3.57. The minimum atomic E-state index is 0.777. The second-order valence-electron chi connectivity index (χ2n) is 5.24. The second kappa shape index (κ2) is 4.65. The molecule has 1 aliphatic heterocycles. The highest BCUT2D eigenvalue weighted by Gasteiger charge is 2.17. The van der Waals surface area contributed by atoms with Crippen LogP contribution in [0.1, 0.15) is 11.3 Å². The number of halogens is 1. The van der Waals surface area contributed by atoms with Gasteiger partial charge in [-0.1, -0.05) is 35.9 Å².